The van der Waals surface area contributed by atoms with Gasteiger partial charge in [-0.3, -0.25) is 4.79 Å². The lowest BCUT2D eigenvalue weighted by Crippen LogP contribution is -2.68. The molecule has 1 aliphatic rings. The lowest BCUT2D eigenvalue weighted by molar-refractivity contribution is -0.139. The fourth-order valence-electron chi connectivity index (χ4n) is 2.06. The van der Waals surface area contributed by atoms with Crippen molar-refractivity contribution in [1.29, 1.82) is 0 Å². The van der Waals surface area contributed by atoms with Crippen molar-refractivity contribution >= 4 is 17.3 Å². The Morgan fingerprint density at radius 3 is 2.94 bits per heavy atom. The lowest BCUT2D eigenvalue weighted by atomic mass is 9.87. The van der Waals surface area contributed by atoms with Crippen molar-refractivity contribution in [1.82, 2.24) is 10.6 Å². The van der Waals surface area contributed by atoms with Crippen molar-refractivity contribution in [3.8, 4) is 0 Å². The summed E-state index contributed by atoms with van der Waals surface area (Å²) >= 11 is 1.66. The van der Waals surface area contributed by atoms with Gasteiger partial charge in [-0.15, -0.1) is 0 Å². The molecule has 88 valence electrons. The minimum atomic E-state index is -0.744. The fourth-order valence-corrected chi connectivity index (χ4v) is 2.81. The number of nitrogens with one attached hydrogen (secondary N) is 2. The minimum absolute atomic E-state index is 0.175. The molecule has 2 rings (SSSR count). The highest BCUT2D eigenvalue weighted by molar-refractivity contribution is 7.07. The maximum atomic E-state index is 10.8. The Morgan fingerprint density at radius 1 is 1.75 bits per heavy atom. The molecule has 3 N–H and O–H groups in total. The van der Waals surface area contributed by atoms with Gasteiger partial charge in [-0.25, -0.2) is 0 Å². The molecule has 1 aromatic heterocycles. The number of hydrogen-bond acceptors (Lipinski definition) is 4. The number of carbonyl (C=O) groups is 1. The van der Waals surface area contributed by atoms with Gasteiger partial charge >= 0.3 is 5.97 Å². The predicted octanol–water partition coefficient (Wildman–Crippen LogP) is 1.22. The molecule has 0 radical (unpaired) electrons. The van der Waals surface area contributed by atoms with Crippen molar-refractivity contribution in [3.63, 3.8) is 0 Å². The summed E-state index contributed by atoms with van der Waals surface area (Å²) in [6.07, 6.45) is 0.175. The van der Waals surface area contributed by atoms with Crippen LogP contribution in [0.25, 0.3) is 0 Å². The summed E-state index contributed by atoms with van der Waals surface area (Å²) in [5.41, 5.74) is 0.953. The summed E-state index contributed by atoms with van der Waals surface area (Å²) in [6, 6.07) is 2.27. The first-order valence-corrected chi connectivity index (χ1v) is 6.28. The Morgan fingerprint density at radius 2 is 2.50 bits per heavy atom. The van der Waals surface area contributed by atoms with E-state index in [9.17, 15) is 4.79 Å². The highest BCUT2D eigenvalue weighted by Crippen LogP contribution is 2.23. The van der Waals surface area contributed by atoms with Crippen LogP contribution >= 0.6 is 11.3 Å². The molecule has 0 spiro atoms. The molecule has 0 saturated carbocycles. The molecule has 1 atom stereocenters. The lowest BCUT2D eigenvalue weighted by Gasteiger charge is -2.44. The number of carboxylic acid groups (broad SMARTS) is 1. The smallest absolute Gasteiger partial charge is 0.305 e. The van der Waals surface area contributed by atoms with E-state index in [1.54, 1.807) is 11.3 Å². The van der Waals surface area contributed by atoms with Crippen LogP contribution in [0.4, 0.5) is 0 Å². The number of rotatable bonds is 5. The molecule has 0 aromatic carbocycles. The highest BCUT2D eigenvalue weighted by atomic mass is 32.1. The van der Waals surface area contributed by atoms with E-state index in [0.29, 0.717) is 0 Å². The molecule has 1 aliphatic heterocycles. The van der Waals surface area contributed by atoms with Gasteiger partial charge in [0.15, 0.2) is 0 Å². The average Bonchev–Trinajstić information content (AvgIpc) is 2.66. The third-order valence-electron chi connectivity index (χ3n) is 2.98. The number of thiophene rings is 1. The molecular weight excluding hydrogens is 224 g/mol. The molecule has 2 heterocycles. The Kier molecular flexibility index (Phi) is 3.28. The summed E-state index contributed by atoms with van der Waals surface area (Å²) in [5, 5.41) is 19.6. The normalized spacial score (nSPS) is 20.1. The van der Waals surface area contributed by atoms with Crippen LogP contribution in [0, 0.1) is 0 Å². The summed E-state index contributed by atoms with van der Waals surface area (Å²) in [4.78, 5) is 10.8. The van der Waals surface area contributed by atoms with Crippen LogP contribution in [0.2, 0.25) is 0 Å². The van der Waals surface area contributed by atoms with Crippen LogP contribution in [0.1, 0.15) is 24.9 Å². The zero-order chi connectivity index (χ0) is 11.6. The molecule has 4 nitrogen and oxygen atoms in total. The van der Waals surface area contributed by atoms with Crippen LogP contribution in [-0.2, 0) is 4.79 Å². The second kappa shape index (κ2) is 4.53. The maximum Gasteiger partial charge on any atom is 0.305 e. The quantitative estimate of drug-likeness (QED) is 0.724. The summed E-state index contributed by atoms with van der Waals surface area (Å²) in [5.74, 6) is -0.744. The van der Waals surface area contributed by atoms with Crippen LogP contribution in [-0.4, -0.2) is 29.7 Å². The molecule has 0 amide bonds. The Labute approximate surface area is 98.7 Å². The average molecular weight is 240 g/mol. The van der Waals surface area contributed by atoms with Crippen molar-refractivity contribution in [2.24, 2.45) is 0 Å². The summed E-state index contributed by atoms with van der Waals surface area (Å²) < 4.78 is 0. The zero-order valence-corrected chi connectivity index (χ0v) is 10.0. The van der Waals surface area contributed by atoms with Crippen molar-refractivity contribution < 1.29 is 9.90 Å². The second-order valence-electron chi connectivity index (χ2n) is 4.38. The third-order valence-corrected chi connectivity index (χ3v) is 3.68. The van der Waals surface area contributed by atoms with E-state index < -0.39 is 5.97 Å². The molecule has 5 heteroatoms. The van der Waals surface area contributed by atoms with Gasteiger partial charge in [0, 0.05) is 19.1 Å². The molecule has 1 aromatic rings. The topological polar surface area (TPSA) is 61.4 Å². The monoisotopic (exact) mass is 240 g/mol. The van der Waals surface area contributed by atoms with E-state index >= 15 is 0 Å². The standard InChI is InChI=1S/C11H16N2O2S/c1-8(9-2-3-16-5-9)13-11(4-10(14)15)6-12-7-11/h2-3,5,8,12-13H,4,6-7H2,1H3,(H,14,15). The van der Waals surface area contributed by atoms with Crippen molar-refractivity contribution in [3.05, 3.63) is 22.4 Å². The highest BCUT2D eigenvalue weighted by Gasteiger charge is 2.39. The van der Waals surface area contributed by atoms with E-state index in [4.69, 9.17) is 5.11 Å². The summed E-state index contributed by atoms with van der Waals surface area (Å²) in [6.45, 7) is 3.53. The van der Waals surface area contributed by atoms with E-state index in [0.717, 1.165) is 13.1 Å². The Balaban J connectivity index is 1.99. The first-order chi connectivity index (χ1) is 7.61. The van der Waals surface area contributed by atoms with Gasteiger partial charge < -0.3 is 15.7 Å². The second-order valence-corrected chi connectivity index (χ2v) is 5.16. The molecule has 0 aliphatic carbocycles. The molecule has 1 saturated heterocycles. The van der Waals surface area contributed by atoms with Crippen LogP contribution in [0.5, 0.6) is 0 Å². The fraction of sp³-hybridized carbons (Fsp3) is 0.545. The van der Waals surface area contributed by atoms with Gasteiger partial charge in [0.2, 0.25) is 0 Å². The molecular formula is C11H16N2O2S. The number of aliphatic carboxylic acids is 1. The maximum absolute atomic E-state index is 10.8. The van der Waals surface area contributed by atoms with E-state index in [2.05, 4.69) is 29.0 Å². The van der Waals surface area contributed by atoms with Crippen LogP contribution in [0.15, 0.2) is 16.8 Å². The first-order valence-electron chi connectivity index (χ1n) is 5.34. The van der Waals surface area contributed by atoms with Crippen molar-refractivity contribution in [2.45, 2.75) is 24.9 Å². The third kappa shape index (κ3) is 2.42. The Bertz CT molecular complexity index is 360. The Hall–Kier alpha value is -0.910. The molecule has 0 bridgehead atoms. The predicted molar refractivity (Wildman–Crippen MR) is 63.7 cm³/mol. The summed E-state index contributed by atoms with van der Waals surface area (Å²) in [7, 11) is 0. The molecule has 1 fully saturated rings. The van der Waals surface area contributed by atoms with E-state index in [1.165, 1.54) is 5.56 Å². The van der Waals surface area contributed by atoms with Gasteiger partial charge in [-0.2, -0.15) is 11.3 Å². The number of hydrogen-bond donors (Lipinski definition) is 3. The molecule has 16 heavy (non-hydrogen) atoms. The molecule has 1 unspecified atom stereocenters. The van der Waals surface area contributed by atoms with E-state index in [1.807, 2.05) is 5.38 Å². The number of carboxylic acids is 1. The van der Waals surface area contributed by atoms with Crippen LogP contribution < -0.4 is 10.6 Å². The van der Waals surface area contributed by atoms with Gasteiger partial charge in [0.1, 0.15) is 0 Å². The van der Waals surface area contributed by atoms with Gasteiger partial charge in [-0.1, -0.05) is 0 Å². The van der Waals surface area contributed by atoms with Gasteiger partial charge in [-0.05, 0) is 29.3 Å². The van der Waals surface area contributed by atoms with Crippen LogP contribution in [0.3, 0.4) is 0 Å². The largest absolute Gasteiger partial charge is 0.481 e. The van der Waals surface area contributed by atoms with Crippen molar-refractivity contribution in [2.75, 3.05) is 13.1 Å². The van der Waals surface area contributed by atoms with Gasteiger partial charge in [0.05, 0.1) is 12.0 Å². The minimum Gasteiger partial charge on any atom is -0.481 e. The van der Waals surface area contributed by atoms with E-state index in [-0.39, 0.29) is 18.0 Å². The zero-order valence-electron chi connectivity index (χ0n) is 9.19. The first kappa shape index (κ1) is 11.6. The van der Waals surface area contributed by atoms with Gasteiger partial charge in [0.25, 0.3) is 0 Å². The SMILES string of the molecule is CC(NC1(CC(=O)O)CNC1)c1ccsc1.